The van der Waals surface area contributed by atoms with Gasteiger partial charge in [-0.1, -0.05) is 25.7 Å². The maximum absolute atomic E-state index is 6.07. The van der Waals surface area contributed by atoms with Crippen molar-refractivity contribution in [3.8, 4) is 0 Å². The van der Waals surface area contributed by atoms with Crippen LogP contribution < -0.4 is 5.73 Å². The zero-order valence-corrected chi connectivity index (χ0v) is 10.5. The first-order valence-corrected chi connectivity index (χ1v) is 6.56. The summed E-state index contributed by atoms with van der Waals surface area (Å²) in [7, 11) is 0. The Bertz CT molecular complexity index is 304. The summed E-state index contributed by atoms with van der Waals surface area (Å²) in [6, 6.07) is 3.94. The largest absolute Gasteiger partial charge is 0.453 e. The average molecular weight is 272 g/mol. The first-order chi connectivity index (χ1) is 7.25. The molecule has 0 radical (unpaired) electrons. The molecule has 84 valence electrons. The Morgan fingerprint density at radius 1 is 1.40 bits per heavy atom. The first kappa shape index (κ1) is 11.2. The van der Waals surface area contributed by atoms with E-state index in [9.17, 15) is 0 Å². The van der Waals surface area contributed by atoms with E-state index in [0.717, 1.165) is 22.8 Å². The average Bonchev–Trinajstić information content (AvgIpc) is 2.84. The molecule has 0 aromatic carbocycles. The fourth-order valence-electron chi connectivity index (χ4n) is 2.38. The molecule has 1 aliphatic carbocycles. The number of rotatable bonds is 4. The topological polar surface area (TPSA) is 39.2 Å². The number of hydrogen-bond donors (Lipinski definition) is 1. The molecular formula is C12H18BrNO. The minimum Gasteiger partial charge on any atom is -0.453 e. The van der Waals surface area contributed by atoms with Crippen molar-refractivity contribution in [3.05, 3.63) is 22.6 Å². The van der Waals surface area contributed by atoms with Crippen LogP contribution in [0.2, 0.25) is 0 Å². The van der Waals surface area contributed by atoms with Crippen molar-refractivity contribution in [2.45, 2.75) is 44.6 Å². The minimum atomic E-state index is 0.0666. The highest BCUT2D eigenvalue weighted by atomic mass is 79.9. The van der Waals surface area contributed by atoms with Crippen LogP contribution in [0.25, 0.3) is 0 Å². The van der Waals surface area contributed by atoms with Crippen molar-refractivity contribution in [2.24, 2.45) is 11.7 Å². The van der Waals surface area contributed by atoms with Crippen LogP contribution in [-0.4, -0.2) is 0 Å². The van der Waals surface area contributed by atoms with Crippen LogP contribution in [0.1, 0.15) is 50.3 Å². The quantitative estimate of drug-likeness (QED) is 0.899. The maximum atomic E-state index is 6.07. The molecule has 1 heterocycles. The molecule has 1 aromatic heterocycles. The summed E-state index contributed by atoms with van der Waals surface area (Å²) in [6.07, 6.45) is 7.91. The Morgan fingerprint density at radius 2 is 2.13 bits per heavy atom. The van der Waals surface area contributed by atoms with Gasteiger partial charge in [-0.25, -0.2) is 0 Å². The Kier molecular flexibility index (Phi) is 3.87. The Labute approximate surface area is 99.3 Å². The molecule has 2 nitrogen and oxygen atoms in total. The number of hydrogen-bond acceptors (Lipinski definition) is 2. The van der Waals surface area contributed by atoms with E-state index in [1.54, 1.807) is 0 Å². The molecule has 1 saturated carbocycles. The van der Waals surface area contributed by atoms with Crippen molar-refractivity contribution in [1.82, 2.24) is 0 Å². The molecule has 1 aliphatic rings. The SMILES string of the molecule is NC(CCC1CCCC1)c1ccc(Br)o1. The van der Waals surface area contributed by atoms with Gasteiger partial charge in [-0.05, 0) is 46.8 Å². The van der Waals surface area contributed by atoms with Gasteiger partial charge in [-0.2, -0.15) is 0 Å². The normalized spacial score (nSPS) is 19.6. The van der Waals surface area contributed by atoms with Crippen LogP contribution in [0, 0.1) is 5.92 Å². The lowest BCUT2D eigenvalue weighted by molar-refractivity contribution is 0.398. The summed E-state index contributed by atoms with van der Waals surface area (Å²) in [5, 5.41) is 0. The zero-order chi connectivity index (χ0) is 10.7. The molecule has 1 unspecified atom stereocenters. The van der Waals surface area contributed by atoms with E-state index in [1.807, 2.05) is 12.1 Å². The molecule has 1 atom stereocenters. The lowest BCUT2D eigenvalue weighted by Gasteiger charge is -2.12. The Hall–Kier alpha value is -0.280. The van der Waals surface area contributed by atoms with Crippen LogP contribution >= 0.6 is 15.9 Å². The molecule has 0 spiro atoms. The van der Waals surface area contributed by atoms with Crippen molar-refractivity contribution < 1.29 is 4.42 Å². The third-order valence-corrected chi connectivity index (χ3v) is 3.75. The standard InChI is InChI=1S/C12H18BrNO/c13-12-8-7-11(15-12)10(14)6-5-9-3-1-2-4-9/h7-10H,1-6,14H2. The zero-order valence-electron chi connectivity index (χ0n) is 8.92. The van der Waals surface area contributed by atoms with Crippen LogP contribution in [0.4, 0.5) is 0 Å². The smallest absolute Gasteiger partial charge is 0.169 e. The van der Waals surface area contributed by atoms with Crippen LogP contribution in [0.15, 0.2) is 21.2 Å². The Morgan fingerprint density at radius 3 is 2.73 bits per heavy atom. The molecule has 0 aliphatic heterocycles. The fraction of sp³-hybridized carbons (Fsp3) is 0.667. The summed E-state index contributed by atoms with van der Waals surface area (Å²) < 4.78 is 6.22. The molecule has 0 bridgehead atoms. The number of nitrogens with two attached hydrogens (primary N) is 1. The predicted molar refractivity (Wildman–Crippen MR) is 64.5 cm³/mol. The van der Waals surface area contributed by atoms with E-state index in [1.165, 1.54) is 32.1 Å². The fourth-order valence-corrected chi connectivity index (χ4v) is 2.70. The second-order valence-electron chi connectivity index (χ2n) is 4.48. The summed E-state index contributed by atoms with van der Waals surface area (Å²) >= 11 is 3.30. The first-order valence-electron chi connectivity index (χ1n) is 5.76. The van der Waals surface area contributed by atoms with E-state index in [4.69, 9.17) is 10.2 Å². The van der Waals surface area contributed by atoms with Gasteiger partial charge < -0.3 is 10.2 Å². The summed E-state index contributed by atoms with van der Waals surface area (Å²) in [4.78, 5) is 0. The van der Waals surface area contributed by atoms with Gasteiger partial charge in [-0.15, -0.1) is 0 Å². The van der Waals surface area contributed by atoms with Crippen molar-refractivity contribution in [1.29, 1.82) is 0 Å². The molecule has 2 N–H and O–H groups in total. The lowest BCUT2D eigenvalue weighted by Crippen LogP contribution is -2.10. The minimum absolute atomic E-state index is 0.0666. The third kappa shape index (κ3) is 3.08. The third-order valence-electron chi connectivity index (χ3n) is 3.32. The van der Waals surface area contributed by atoms with Crippen molar-refractivity contribution >= 4 is 15.9 Å². The van der Waals surface area contributed by atoms with Gasteiger partial charge >= 0.3 is 0 Å². The highest BCUT2D eigenvalue weighted by Crippen LogP contribution is 2.31. The van der Waals surface area contributed by atoms with E-state index in [0.29, 0.717) is 0 Å². The van der Waals surface area contributed by atoms with Crippen LogP contribution in [0.5, 0.6) is 0 Å². The monoisotopic (exact) mass is 271 g/mol. The van der Waals surface area contributed by atoms with Crippen molar-refractivity contribution in [3.63, 3.8) is 0 Å². The van der Waals surface area contributed by atoms with Crippen LogP contribution in [-0.2, 0) is 0 Å². The highest BCUT2D eigenvalue weighted by Gasteiger charge is 2.17. The molecule has 3 heteroatoms. The highest BCUT2D eigenvalue weighted by molar-refractivity contribution is 9.10. The van der Waals surface area contributed by atoms with Gasteiger partial charge in [0, 0.05) is 0 Å². The van der Waals surface area contributed by atoms with Crippen molar-refractivity contribution in [2.75, 3.05) is 0 Å². The second-order valence-corrected chi connectivity index (χ2v) is 5.26. The van der Waals surface area contributed by atoms with E-state index in [-0.39, 0.29) is 6.04 Å². The molecule has 2 rings (SSSR count). The molecule has 1 fully saturated rings. The van der Waals surface area contributed by atoms with E-state index >= 15 is 0 Å². The van der Waals surface area contributed by atoms with E-state index < -0.39 is 0 Å². The molecular weight excluding hydrogens is 254 g/mol. The van der Waals surface area contributed by atoms with Crippen LogP contribution in [0.3, 0.4) is 0 Å². The van der Waals surface area contributed by atoms with Gasteiger partial charge in [-0.3, -0.25) is 0 Å². The second kappa shape index (κ2) is 5.17. The number of halogens is 1. The lowest BCUT2D eigenvalue weighted by atomic mass is 9.98. The summed E-state index contributed by atoms with van der Waals surface area (Å²) in [6.45, 7) is 0. The van der Waals surface area contributed by atoms with Gasteiger partial charge in [0.2, 0.25) is 0 Å². The Balaban J connectivity index is 1.79. The maximum Gasteiger partial charge on any atom is 0.169 e. The summed E-state index contributed by atoms with van der Waals surface area (Å²) in [5.41, 5.74) is 6.07. The predicted octanol–water partition coefficient (Wildman–Crippen LogP) is 4.01. The molecule has 15 heavy (non-hydrogen) atoms. The van der Waals surface area contributed by atoms with Gasteiger partial charge in [0.05, 0.1) is 6.04 Å². The van der Waals surface area contributed by atoms with Gasteiger partial charge in [0.1, 0.15) is 5.76 Å². The number of furan rings is 1. The van der Waals surface area contributed by atoms with Gasteiger partial charge in [0.25, 0.3) is 0 Å². The van der Waals surface area contributed by atoms with E-state index in [2.05, 4.69) is 15.9 Å². The van der Waals surface area contributed by atoms with Gasteiger partial charge in [0.15, 0.2) is 4.67 Å². The molecule has 0 amide bonds. The molecule has 0 saturated heterocycles. The summed E-state index contributed by atoms with van der Waals surface area (Å²) in [5.74, 6) is 1.81. The molecule has 1 aromatic rings.